The Hall–Kier alpha value is -2.56. The molecular formula is C21H16Cl2N2O2. The molecule has 6 heteroatoms. The minimum Gasteiger partial charge on any atom is -0.353 e. The maximum Gasteiger partial charge on any atom is 0.255 e. The van der Waals surface area contributed by atoms with Crippen molar-refractivity contribution in [2.75, 3.05) is 19.6 Å². The molecule has 3 aromatic rings. The monoisotopic (exact) mass is 398 g/mol. The number of hydrogen-bond donors (Lipinski definition) is 1. The van der Waals surface area contributed by atoms with Gasteiger partial charge in [0.15, 0.2) is 0 Å². The average Bonchev–Trinajstić information content (AvgIpc) is 2.67. The maximum absolute atomic E-state index is 13.0. The van der Waals surface area contributed by atoms with Crippen LogP contribution in [0.25, 0.3) is 21.9 Å². The van der Waals surface area contributed by atoms with Gasteiger partial charge in [0, 0.05) is 34.3 Å². The van der Waals surface area contributed by atoms with E-state index in [1.807, 2.05) is 36.4 Å². The predicted molar refractivity (Wildman–Crippen MR) is 108 cm³/mol. The molecule has 0 atom stereocenters. The predicted octanol–water partition coefficient (Wildman–Crippen LogP) is 4.39. The van der Waals surface area contributed by atoms with Crippen LogP contribution >= 0.6 is 23.2 Å². The van der Waals surface area contributed by atoms with E-state index in [0.717, 1.165) is 21.9 Å². The highest BCUT2D eigenvalue weighted by atomic mass is 35.5. The van der Waals surface area contributed by atoms with Crippen molar-refractivity contribution in [1.82, 2.24) is 10.2 Å². The molecule has 0 saturated carbocycles. The SMILES string of the molecule is O=C1CN(C(=O)c2cccc3c(-c4ccc(Cl)cc4Cl)cccc23)CCN1. The second-order valence-electron chi connectivity index (χ2n) is 6.41. The van der Waals surface area contributed by atoms with Gasteiger partial charge in [0.25, 0.3) is 5.91 Å². The minimum absolute atomic E-state index is 0.0813. The van der Waals surface area contributed by atoms with Crippen LogP contribution in [0.5, 0.6) is 0 Å². The number of nitrogens with one attached hydrogen (secondary N) is 1. The van der Waals surface area contributed by atoms with Crippen LogP contribution in [0, 0.1) is 0 Å². The number of amides is 2. The summed E-state index contributed by atoms with van der Waals surface area (Å²) in [5.74, 6) is -0.279. The van der Waals surface area contributed by atoms with Crippen LogP contribution in [0.1, 0.15) is 10.4 Å². The minimum atomic E-state index is -0.144. The van der Waals surface area contributed by atoms with Crippen molar-refractivity contribution in [1.29, 1.82) is 0 Å². The van der Waals surface area contributed by atoms with E-state index in [-0.39, 0.29) is 18.4 Å². The van der Waals surface area contributed by atoms with Gasteiger partial charge in [-0.15, -0.1) is 0 Å². The number of fused-ring (bicyclic) bond motifs is 1. The first-order chi connectivity index (χ1) is 13.0. The van der Waals surface area contributed by atoms with E-state index in [1.165, 1.54) is 0 Å². The lowest BCUT2D eigenvalue weighted by atomic mass is 9.95. The molecular weight excluding hydrogens is 383 g/mol. The molecule has 1 aliphatic rings. The van der Waals surface area contributed by atoms with Crippen molar-refractivity contribution in [3.05, 3.63) is 70.2 Å². The summed E-state index contributed by atoms with van der Waals surface area (Å²) >= 11 is 12.4. The molecule has 4 rings (SSSR count). The van der Waals surface area contributed by atoms with Crippen molar-refractivity contribution in [2.24, 2.45) is 0 Å². The van der Waals surface area contributed by atoms with Crippen LogP contribution < -0.4 is 5.32 Å². The highest BCUT2D eigenvalue weighted by molar-refractivity contribution is 6.36. The molecule has 27 heavy (non-hydrogen) atoms. The lowest BCUT2D eigenvalue weighted by molar-refractivity contribution is -0.123. The van der Waals surface area contributed by atoms with Crippen molar-refractivity contribution in [3.8, 4) is 11.1 Å². The Balaban J connectivity index is 1.83. The van der Waals surface area contributed by atoms with Crippen LogP contribution in [0.15, 0.2) is 54.6 Å². The molecule has 136 valence electrons. The Kier molecular flexibility index (Phi) is 4.77. The van der Waals surface area contributed by atoms with Gasteiger partial charge >= 0.3 is 0 Å². The molecule has 0 bridgehead atoms. The Morgan fingerprint density at radius 2 is 1.74 bits per heavy atom. The molecule has 1 N–H and O–H groups in total. The number of nitrogens with zero attached hydrogens (tertiary/aromatic N) is 1. The number of benzene rings is 3. The average molecular weight is 399 g/mol. The zero-order valence-electron chi connectivity index (χ0n) is 14.3. The Morgan fingerprint density at radius 3 is 2.52 bits per heavy atom. The standard InChI is InChI=1S/C21H16Cl2N2O2/c22-13-7-8-17(19(23)11-13)15-4-1-5-16-14(15)3-2-6-18(16)21(27)25-10-9-24-20(26)12-25/h1-8,11H,9-10,12H2,(H,24,26). The molecule has 4 nitrogen and oxygen atoms in total. The van der Waals surface area contributed by atoms with E-state index < -0.39 is 0 Å². The summed E-state index contributed by atoms with van der Waals surface area (Å²) in [4.78, 5) is 26.2. The van der Waals surface area contributed by atoms with Crippen molar-refractivity contribution < 1.29 is 9.59 Å². The van der Waals surface area contributed by atoms with Crippen LogP contribution in [0.4, 0.5) is 0 Å². The van der Waals surface area contributed by atoms with Crippen molar-refractivity contribution >= 4 is 45.8 Å². The third-order valence-corrected chi connectivity index (χ3v) is 5.25. The van der Waals surface area contributed by atoms with Gasteiger partial charge in [0.2, 0.25) is 5.91 Å². The Morgan fingerprint density at radius 1 is 0.963 bits per heavy atom. The van der Waals surface area contributed by atoms with E-state index in [0.29, 0.717) is 28.7 Å². The number of carbonyl (C=O) groups is 2. The first kappa shape index (κ1) is 17.8. The van der Waals surface area contributed by atoms with Gasteiger partial charge in [0.1, 0.15) is 0 Å². The lowest BCUT2D eigenvalue weighted by Crippen LogP contribution is -2.50. The Bertz CT molecular complexity index is 1070. The number of halogens is 2. The van der Waals surface area contributed by atoms with Crippen molar-refractivity contribution in [2.45, 2.75) is 0 Å². The molecule has 3 aromatic carbocycles. The topological polar surface area (TPSA) is 49.4 Å². The van der Waals surface area contributed by atoms with E-state index in [9.17, 15) is 9.59 Å². The van der Waals surface area contributed by atoms with E-state index in [4.69, 9.17) is 23.2 Å². The molecule has 1 aliphatic heterocycles. The summed E-state index contributed by atoms with van der Waals surface area (Å²) < 4.78 is 0. The van der Waals surface area contributed by atoms with Crippen LogP contribution in [0.2, 0.25) is 10.0 Å². The second-order valence-corrected chi connectivity index (χ2v) is 7.25. The molecule has 0 spiro atoms. The first-order valence-electron chi connectivity index (χ1n) is 8.58. The second kappa shape index (κ2) is 7.22. The highest BCUT2D eigenvalue weighted by Crippen LogP contribution is 2.36. The van der Waals surface area contributed by atoms with Crippen LogP contribution in [0.3, 0.4) is 0 Å². The molecule has 1 saturated heterocycles. The van der Waals surface area contributed by atoms with E-state index >= 15 is 0 Å². The van der Waals surface area contributed by atoms with Gasteiger partial charge < -0.3 is 10.2 Å². The van der Waals surface area contributed by atoms with E-state index in [1.54, 1.807) is 23.1 Å². The summed E-state index contributed by atoms with van der Waals surface area (Å²) in [5, 5.41) is 5.62. The summed E-state index contributed by atoms with van der Waals surface area (Å²) in [5.41, 5.74) is 2.36. The summed E-state index contributed by atoms with van der Waals surface area (Å²) in [6.07, 6.45) is 0. The van der Waals surface area contributed by atoms with Crippen molar-refractivity contribution in [3.63, 3.8) is 0 Å². The van der Waals surface area contributed by atoms with Crippen LogP contribution in [-0.2, 0) is 4.79 Å². The third-order valence-electron chi connectivity index (χ3n) is 4.70. The third kappa shape index (κ3) is 3.38. The largest absolute Gasteiger partial charge is 0.353 e. The zero-order valence-corrected chi connectivity index (χ0v) is 15.8. The number of carbonyl (C=O) groups excluding carboxylic acids is 2. The summed E-state index contributed by atoms with van der Waals surface area (Å²) in [7, 11) is 0. The molecule has 2 amide bonds. The fourth-order valence-electron chi connectivity index (χ4n) is 3.42. The van der Waals surface area contributed by atoms with E-state index in [2.05, 4.69) is 5.32 Å². The van der Waals surface area contributed by atoms with Gasteiger partial charge in [-0.1, -0.05) is 59.6 Å². The fourth-order valence-corrected chi connectivity index (χ4v) is 3.93. The van der Waals surface area contributed by atoms with Gasteiger partial charge in [0.05, 0.1) is 6.54 Å². The Labute approximate surface area is 166 Å². The molecule has 0 unspecified atom stereocenters. The quantitative estimate of drug-likeness (QED) is 0.695. The normalized spacial score (nSPS) is 14.3. The zero-order chi connectivity index (χ0) is 19.0. The lowest BCUT2D eigenvalue weighted by Gasteiger charge is -2.27. The van der Waals surface area contributed by atoms with Gasteiger partial charge in [-0.2, -0.15) is 0 Å². The van der Waals surface area contributed by atoms with Crippen LogP contribution in [-0.4, -0.2) is 36.3 Å². The summed E-state index contributed by atoms with van der Waals surface area (Å²) in [6.45, 7) is 1.06. The molecule has 1 heterocycles. The van der Waals surface area contributed by atoms with Gasteiger partial charge in [-0.25, -0.2) is 0 Å². The maximum atomic E-state index is 13.0. The fraction of sp³-hybridized carbons (Fsp3) is 0.143. The van der Waals surface area contributed by atoms with Gasteiger partial charge in [-0.05, 0) is 34.5 Å². The molecule has 0 radical (unpaired) electrons. The first-order valence-corrected chi connectivity index (χ1v) is 9.33. The molecule has 1 fully saturated rings. The number of hydrogen-bond acceptors (Lipinski definition) is 2. The molecule has 0 aliphatic carbocycles. The van der Waals surface area contributed by atoms with Gasteiger partial charge in [-0.3, -0.25) is 9.59 Å². The molecule has 0 aromatic heterocycles. The number of piperazine rings is 1. The summed E-state index contributed by atoms with van der Waals surface area (Å²) in [6, 6.07) is 16.8. The number of rotatable bonds is 2. The smallest absolute Gasteiger partial charge is 0.255 e. The highest BCUT2D eigenvalue weighted by Gasteiger charge is 2.24.